The van der Waals surface area contributed by atoms with E-state index in [-0.39, 0.29) is 23.9 Å². The lowest BCUT2D eigenvalue weighted by atomic mass is 10.1. The topological polar surface area (TPSA) is 29.5 Å². The fourth-order valence-electron chi connectivity index (χ4n) is 2.57. The number of benzene rings is 1. The zero-order valence-corrected chi connectivity index (χ0v) is 12.3. The zero-order valence-electron chi connectivity index (χ0n) is 12.3. The van der Waals surface area contributed by atoms with Crippen molar-refractivity contribution in [2.75, 3.05) is 26.2 Å². The summed E-state index contributed by atoms with van der Waals surface area (Å²) < 4.78 is 31.8. The summed E-state index contributed by atoms with van der Waals surface area (Å²) in [6.07, 6.45) is 2.64. The number of ether oxygens (including phenoxy) is 1. The van der Waals surface area contributed by atoms with Gasteiger partial charge in [-0.1, -0.05) is 6.92 Å². The molecule has 3 nitrogen and oxygen atoms in total. The lowest BCUT2D eigenvalue weighted by molar-refractivity contribution is 0.0719. The van der Waals surface area contributed by atoms with Gasteiger partial charge in [0.2, 0.25) is 0 Å². The Bertz CT molecular complexity index is 467. The van der Waals surface area contributed by atoms with Gasteiger partial charge in [-0.2, -0.15) is 0 Å². The van der Waals surface area contributed by atoms with Crippen molar-refractivity contribution in [3.05, 3.63) is 35.4 Å². The third-order valence-electron chi connectivity index (χ3n) is 3.77. The third-order valence-corrected chi connectivity index (χ3v) is 3.77. The first-order valence-corrected chi connectivity index (χ1v) is 7.41. The van der Waals surface area contributed by atoms with Crippen molar-refractivity contribution in [2.24, 2.45) is 0 Å². The molecule has 1 fully saturated rings. The van der Waals surface area contributed by atoms with Gasteiger partial charge in [-0.3, -0.25) is 4.79 Å². The smallest absolute Gasteiger partial charge is 0.164 e. The van der Waals surface area contributed by atoms with E-state index in [4.69, 9.17) is 4.74 Å². The van der Waals surface area contributed by atoms with Crippen LogP contribution in [0.15, 0.2) is 18.2 Å². The number of carbonyl (C=O) groups is 1. The summed E-state index contributed by atoms with van der Waals surface area (Å²) in [5.41, 5.74) is 0.0978. The van der Waals surface area contributed by atoms with E-state index in [1.54, 1.807) is 0 Å². The number of hydrogen-bond acceptors (Lipinski definition) is 3. The number of rotatable bonds is 7. The molecule has 116 valence electrons. The molecule has 0 N–H and O–H groups in total. The van der Waals surface area contributed by atoms with Gasteiger partial charge in [-0.25, -0.2) is 8.78 Å². The van der Waals surface area contributed by atoms with Crippen LogP contribution in [0.4, 0.5) is 8.78 Å². The molecule has 1 aromatic rings. The summed E-state index contributed by atoms with van der Waals surface area (Å²) in [5.74, 6) is -1.67. The van der Waals surface area contributed by atoms with E-state index >= 15 is 0 Å². The van der Waals surface area contributed by atoms with Crippen molar-refractivity contribution >= 4 is 5.78 Å². The number of halogens is 2. The van der Waals surface area contributed by atoms with Gasteiger partial charge in [-0.05, 0) is 31.5 Å². The van der Waals surface area contributed by atoms with E-state index < -0.39 is 11.6 Å². The maximum Gasteiger partial charge on any atom is 0.164 e. The molecule has 0 aromatic heterocycles. The zero-order chi connectivity index (χ0) is 15.2. The highest BCUT2D eigenvalue weighted by atomic mass is 19.1. The van der Waals surface area contributed by atoms with Gasteiger partial charge in [0.1, 0.15) is 11.6 Å². The summed E-state index contributed by atoms with van der Waals surface area (Å²) in [6, 6.07) is 2.94. The molecular formula is C16H21F2NO2. The molecule has 1 aliphatic rings. The molecule has 1 aromatic carbocycles. The number of ketones is 1. The normalized spacial score (nSPS) is 18.4. The van der Waals surface area contributed by atoms with E-state index in [0.717, 1.165) is 50.7 Å². The SMILES string of the molecule is CCN(CCC(=O)c1cc(F)cc(F)c1)CC1CCCO1. The molecule has 0 spiro atoms. The van der Waals surface area contributed by atoms with Crippen LogP contribution in [0.1, 0.15) is 36.5 Å². The molecule has 5 heteroatoms. The molecule has 21 heavy (non-hydrogen) atoms. The van der Waals surface area contributed by atoms with E-state index in [1.807, 2.05) is 6.92 Å². The largest absolute Gasteiger partial charge is 0.377 e. The van der Waals surface area contributed by atoms with E-state index in [9.17, 15) is 13.6 Å². The van der Waals surface area contributed by atoms with Crippen molar-refractivity contribution in [2.45, 2.75) is 32.3 Å². The maximum atomic E-state index is 13.1. The van der Waals surface area contributed by atoms with E-state index in [0.29, 0.717) is 6.54 Å². The number of carbonyl (C=O) groups excluding carboxylic acids is 1. The first-order chi connectivity index (χ1) is 10.1. The highest BCUT2D eigenvalue weighted by molar-refractivity contribution is 5.96. The highest BCUT2D eigenvalue weighted by Crippen LogP contribution is 2.14. The monoisotopic (exact) mass is 297 g/mol. The van der Waals surface area contributed by atoms with Gasteiger partial charge in [0.15, 0.2) is 5.78 Å². The first-order valence-electron chi connectivity index (χ1n) is 7.41. The second kappa shape index (κ2) is 7.61. The summed E-state index contributed by atoms with van der Waals surface area (Å²) in [6.45, 7) is 5.05. The van der Waals surface area contributed by atoms with Crippen LogP contribution in [0.25, 0.3) is 0 Å². The van der Waals surface area contributed by atoms with Gasteiger partial charge in [0.05, 0.1) is 6.10 Å². The minimum absolute atomic E-state index is 0.0978. The van der Waals surface area contributed by atoms with Gasteiger partial charge in [0.25, 0.3) is 0 Å². The average molecular weight is 297 g/mol. The Balaban J connectivity index is 1.86. The summed E-state index contributed by atoms with van der Waals surface area (Å²) >= 11 is 0. The Morgan fingerprint density at radius 1 is 1.33 bits per heavy atom. The Morgan fingerprint density at radius 3 is 2.62 bits per heavy atom. The number of hydrogen-bond donors (Lipinski definition) is 0. The second-order valence-corrected chi connectivity index (χ2v) is 5.36. The van der Waals surface area contributed by atoms with Crippen molar-refractivity contribution in [3.8, 4) is 0 Å². The van der Waals surface area contributed by atoms with Crippen LogP contribution >= 0.6 is 0 Å². The van der Waals surface area contributed by atoms with Crippen molar-refractivity contribution in [3.63, 3.8) is 0 Å². The summed E-state index contributed by atoms with van der Waals surface area (Å²) in [7, 11) is 0. The fraction of sp³-hybridized carbons (Fsp3) is 0.562. The Morgan fingerprint density at radius 2 is 2.05 bits per heavy atom. The molecule has 1 unspecified atom stereocenters. The quantitative estimate of drug-likeness (QED) is 0.725. The highest BCUT2D eigenvalue weighted by Gasteiger charge is 2.19. The molecule has 0 saturated carbocycles. The Hall–Kier alpha value is -1.33. The van der Waals surface area contributed by atoms with Crippen LogP contribution in [0.5, 0.6) is 0 Å². The maximum absolute atomic E-state index is 13.1. The molecule has 2 rings (SSSR count). The van der Waals surface area contributed by atoms with Crippen LogP contribution < -0.4 is 0 Å². The first kappa shape index (κ1) is 16.0. The lowest BCUT2D eigenvalue weighted by Crippen LogP contribution is -2.33. The van der Waals surface area contributed by atoms with Crippen LogP contribution in [0.2, 0.25) is 0 Å². The predicted molar refractivity (Wildman–Crippen MR) is 76.4 cm³/mol. The van der Waals surface area contributed by atoms with Crippen LogP contribution in [0.3, 0.4) is 0 Å². The van der Waals surface area contributed by atoms with Crippen LogP contribution in [-0.4, -0.2) is 43.0 Å². The number of likely N-dealkylation sites (N-methyl/N-ethyl adjacent to an activating group) is 1. The molecule has 1 atom stereocenters. The molecule has 1 aliphatic heterocycles. The molecule has 1 heterocycles. The second-order valence-electron chi connectivity index (χ2n) is 5.36. The minimum Gasteiger partial charge on any atom is -0.377 e. The fourth-order valence-corrected chi connectivity index (χ4v) is 2.57. The van der Waals surface area contributed by atoms with Crippen LogP contribution in [-0.2, 0) is 4.74 Å². The van der Waals surface area contributed by atoms with Crippen molar-refractivity contribution < 1.29 is 18.3 Å². The summed E-state index contributed by atoms with van der Waals surface area (Å²) in [4.78, 5) is 14.2. The number of nitrogens with zero attached hydrogens (tertiary/aromatic N) is 1. The molecule has 1 saturated heterocycles. The van der Waals surface area contributed by atoms with E-state index in [2.05, 4.69) is 4.90 Å². The lowest BCUT2D eigenvalue weighted by Gasteiger charge is -2.23. The third kappa shape index (κ3) is 4.86. The molecule has 0 amide bonds. The van der Waals surface area contributed by atoms with Crippen molar-refractivity contribution in [1.82, 2.24) is 4.90 Å². The molecule has 0 aliphatic carbocycles. The average Bonchev–Trinajstić information content (AvgIpc) is 2.94. The van der Waals surface area contributed by atoms with Crippen LogP contribution in [0, 0.1) is 11.6 Å². The predicted octanol–water partition coefficient (Wildman–Crippen LogP) is 3.04. The van der Waals surface area contributed by atoms with Crippen molar-refractivity contribution in [1.29, 1.82) is 0 Å². The molecular weight excluding hydrogens is 276 g/mol. The van der Waals surface area contributed by atoms with Gasteiger partial charge < -0.3 is 9.64 Å². The Labute approximate surface area is 123 Å². The van der Waals surface area contributed by atoms with Gasteiger partial charge in [-0.15, -0.1) is 0 Å². The summed E-state index contributed by atoms with van der Waals surface area (Å²) in [5, 5.41) is 0. The molecule has 0 radical (unpaired) electrons. The van der Waals surface area contributed by atoms with E-state index in [1.165, 1.54) is 0 Å². The Kier molecular flexibility index (Phi) is 5.82. The van der Waals surface area contributed by atoms with Gasteiger partial charge in [0, 0.05) is 37.7 Å². The number of Topliss-reactive ketones (excluding diaryl/α,β-unsaturated/α-hetero) is 1. The van der Waals surface area contributed by atoms with Gasteiger partial charge >= 0.3 is 0 Å². The molecule has 0 bridgehead atoms. The standard InChI is InChI=1S/C16H21F2NO2/c1-2-19(11-15-4-3-7-21-15)6-5-16(20)12-8-13(17)10-14(18)9-12/h8-10,15H,2-7,11H2,1H3. The minimum atomic E-state index is -0.718.